The van der Waals surface area contributed by atoms with Crippen LogP contribution in [0.25, 0.3) is 5.82 Å². The monoisotopic (exact) mass is 377 g/mol. The zero-order valence-corrected chi connectivity index (χ0v) is 16.0. The summed E-state index contributed by atoms with van der Waals surface area (Å²) < 4.78 is 1.77. The van der Waals surface area contributed by atoms with Crippen molar-refractivity contribution in [3.63, 3.8) is 0 Å². The van der Waals surface area contributed by atoms with E-state index in [1.165, 1.54) is 0 Å². The number of aromatic nitrogens is 6. The lowest BCUT2D eigenvalue weighted by atomic mass is 10.0. The number of hydrogen-bond acceptors (Lipinski definition) is 8. The van der Waals surface area contributed by atoms with E-state index in [1.807, 2.05) is 37.3 Å². The van der Waals surface area contributed by atoms with Crippen LogP contribution in [0.4, 0.5) is 17.5 Å². The molecule has 0 spiro atoms. The number of hydrogen-bond donors (Lipinski definition) is 0. The van der Waals surface area contributed by atoms with E-state index in [4.69, 9.17) is 0 Å². The summed E-state index contributed by atoms with van der Waals surface area (Å²) in [7, 11) is 4.00. The average molecular weight is 377 g/mol. The molecule has 0 amide bonds. The topological polar surface area (TPSA) is 79.1 Å². The van der Waals surface area contributed by atoms with Crippen LogP contribution in [0.5, 0.6) is 0 Å². The molecule has 0 aromatic carbocycles. The first kappa shape index (κ1) is 16.9. The lowest BCUT2D eigenvalue weighted by Crippen LogP contribution is -2.30. The fraction of sp³-hybridized carbons (Fsp3) is 0.421. The quantitative estimate of drug-likeness (QED) is 0.669. The lowest BCUT2D eigenvalue weighted by Gasteiger charge is -2.23. The fourth-order valence-corrected chi connectivity index (χ4v) is 4.16. The average Bonchev–Trinajstić information content (AvgIpc) is 3.44. The molecular weight excluding hydrogens is 354 g/mol. The van der Waals surface area contributed by atoms with Crippen LogP contribution in [0.1, 0.15) is 0 Å². The van der Waals surface area contributed by atoms with Gasteiger partial charge in [0.05, 0.1) is 0 Å². The molecular formula is C19H23N9. The highest BCUT2D eigenvalue weighted by Crippen LogP contribution is 2.35. The Morgan fingerprint density at radius 2 is 1.43 bits per heavy atom. The van der Waals surface area contributed by atoms with E-state index >= 15 is 0 Å². The van der Waals surface area contributed by atoms with Crippen LogP contribution in [0, 0.1) is 11.8 Å². The summed E-state index contributed by atoms with van der Waals surface area (Å²) in [5.74, 6) is 4.95. The summed E-state index contributed by atoms with van der Waals surface area (Å²) in [6.45, 7) is 4.04. The number of anilines is 3. The molecule has 9 heteroatoms. The minimum atomic E-state index is 0.612. The van der Waals surface area contributed by atoms with Crippen molar-refractivity contribution in [3.05, 3.63) is 43.2 Å². The van der Waals surface area contributed by atoms with Crippen molar-refractivity contribution >= 4 is 17.5 Å². The summed E-state index contributed by atoms with van der Waals surface area (Å²) in [4.78, 5) is 24.4. The molecule has 2 saturated heterocycles. The van der Waals surface area contributed by atoms with Gasteiger partial charge in [-0.05, 0) is 6.07 Å². The van der Waals surface area contributed by atoms with Crippen LogP contribution < -0.4 is 14.7 Å². The highest BCUT2D eigenvalue weighted by Gasteiger charge is 2.41. The van der Waals surface area contributed by atoms with Gasteiger partial charge in [-0.25, -0.2) is 24.6 Å². The maximum absolute atomic E-state index is 4.50. The Hall–Kier alpha value is -3.23. The molecule has 5 rings (SSSR count). The fourth-order valence-electron chi connectivity index (χ4n) is 4.16. The van der Waals surface area contributed by atoms with E-state index < -0.39 is 0 Å². The van der Waals surface area contributed by atoms with Crippen molar-refractivity contribution in [1.29, 1.82) is 0 Å². The molecule has 2 unspecified atom stereocenters. The maximum Gasteiger partial charge on any atom is 0.158 e. The number of rotatable bonds is 4. The Balaban J connectivity index is 1.29. The molecule has 2 fully saturated rings. The first-order chi connectivity index (χ1) is 13.7. The van der Waals surface area contributed by atoms with Gasteiger partial charge in [0, 0.05) is 76.6 Å². The zero-order valence-electron chi connectivity index (χ0n) is 16.0. The third-order valence-electron chi connectivity index (χ3n) is 5.61. The van der Waals surface area contributed by atoms with E-state index in [0.717, 1.165) is 49.5 Å². The van der Waals surface area contributed by atoms with Crippen LogP contribution in [0.3, 0.4) is 0 Å². The lowest BCUT2D eigenvalue weighted by molar-refractivity contribution is 0.533. The van der Waals surface area contributed by atoms with Crippen LogP contribution in [-0.4, -0.2) is 70.0 Å². The third-order valence-corrected chi connectivity index (χ3v) is 5.61. The zero-order chi connectivity index (χ0) is 19.1. The summed E-state index contributed by atoms with van der Waals surface area (Å²) in [6.07, 6.45) is 6.93. The Kier molecular flexibility index (Phi) is 4.07. The van der Waals surface area contributed by atoms with Crippen LogP contribution in [0.2, 0.25) is 0 Å². The predicted molar refractivity (Wildman–Crippen MR) is 107 cm³/mol. The molecule has 2 aliphatic rings. The smallest absolute Gasteiger partial charge is 0.158 e. The molecule has 9 nitrogen and oxygen atoms in total. The summed E-state index contributed by atoms with van der Waals surface area (Å²) in [5.41, 5.74) is 0. The molecule has 0 radical (unpaired) electrons. The molecule has 0 bridgehead atoms. The number of fused-ring (bicyclic) bond motifs is 1. The molecule has 3 aromatic heterocycles. The maximum atomic E-state index is 4.50. The SMILES string of the molecule is CN(C)c1cc(N2CC3CN(c4cc(-n5cccn5)ncn4)CC3C2)ncn1. The normalized spacial score (nSPS) is 21.2. The van der Waals surface area contributed by atoms with Gasteiger partial charge in [0.1, 0.15) is 30.1 Å². The van der Waals surface area contributed by atoms with Gasteiger partial charge in [-0.1, -0.05) is 0 Å². The van der Waals surface area contributed by atoms with Gasteiger partial charge in [0.2, 0.25) is 0 Å². The van der Waals surface area contributed by atoms with Crippen molar-refractivity contribution in [1.82, 2.24) is 29.7 Å². The van der Waals surface area contributed by atoms with Gasteiger partial charge in [0.25, 0.3) is 0 Å². The van der Waals surface area contributed by atoms with Gasteiger partial charge in [-0.2, -0.15) is 5.10 Å². The van der Waals surface area contributed by atoms with Gasteiger partial charge in [-0.3, -0.25) is 0 Å². The minimum absolute atomic E-state index is 0.612. The second-order valence-electron chi connectivity index (χ2n) is 7.64. The second-order valence-corrected chi connectivity index (χ2v) is 7.64. The standard InChI is InChI=1S/C19H23N9/c1-25(2)16-6-17(21-12-20-16)26-8-14-10-27(11-15(14)9-26)18-7-19(23-13-22-18)28-5-3-4-24-28/h3-7,12-15H,8-11H2,1-2H3. The minimum Gasteiger partial charge on any atom is -0.363 e. The Morgan fingerprint density at radius 1 is 0.821 bits per heavy atom. The van der Waals surface area contributed by atoms with Gasteiger partial charge in [0.15, 0.2) is 5.82 Å². The third kappa shape index (κ3) is 3.02. The van der Waals surface area contributed by atoms with E-state index in [-0.39, 0.29) is 0 Å². The molecule has 28 heavy (non-hydrogen) atoms. The van der Waals surface area contributed by atoms with Crippen molar-refractivity contribution in [2.45, 2.75) is 0 Å². The van der Waals surface area contributed by atoms with Gasteiger partial charge >= 0.3 is 0 Å². The van der Waals surface area contributed by atoms with Crippen molar-refractivity contribution in [3.8, 4) is 5.82 Å². The summed E-state index contributed by atoms with van der Waals surface area (Å²) >= 11 is 0. The molecule has 5 heterocycles. The van der Waals surface area contributed by atoms with Gasteiger partial charge in [-0.15, -0.1) is 0 Å². The molecule has 0 N–H and O–H groups in total. The summed E-state index contributed by atoms with van der Waals surface area (Å²) in [6, 6.07) is 5.98. The largest absolute Gasteiger partial charge is 0.363 e. The van der Waals surface area contributed by atoms with Crippen molar-refractivity contribution in [2.24, 2.45) is 11.8 Å². The predicted octanol–water partition coefficient (Wildman–Crippen LogP) is 1.09. The van der Waals surface area contributed by atoms with Gasteiger partial charge < -0.3 is 14.7 Å². The van der Waals surface area contributed by atoms with E-state index in [2.05, 4.69) is 40.9 Å². The van der Waals surface area contributed by atoms with Crippen molar-refractivity contribution in [2.75, 3.05) is 55.0 Å². The molecule has 2 atom stereocenters. The Morgan fingerprint density at radius 3 is 2.04 bits per heavy atom. The first-order valence-corrected chi connectivity index (χ1v) is 9.49. The van der Waals surface area contributed by atoms with E-state index in [9.17, 15) is 0 Å². The second kappa shape index (κ2) is 6.74. The van der Waals surface area contributed by atoms with Crippen LogP contribution in [-0.2, 0) is 0 Å². The van der Waals surface area contributed by atoms with Crippen LogP contribution >= 0.6 is 0 Å². The molecule has 144 valence electrons. The molecule has 0 aliphatic carbocycles. The number of nitrogens with zero attached hydrogens (tertiary/aromatic N) is 9. The van der Waals surface area contributed by atoms with E-state index in [1.54, 1.807) is 23.5 Å². The van der Waals surface area contributed by atoms with E-state index in [0.29, 0.717) is 11.8 Å². The highest BCUT2D eigenvalue weighted by atomic mass is 15.3. The Bertz CT molecular complexity index is 942. The highest BCUT2D eigenvalue weighted by molar-refractivity contribution is 5.51. The molecule has 2 aliphatic heterocycles. The van der Waals surface area contributed by atoms with Crippen molar-refractivity contribution < 1.29 is 0 Å². The first-order valence-electron chi connectivity index (χ1n) is 9.49. The molecule has 0 saturated carbocycles. The molecule has 3 aromatic rings. The Labute approximate surface area is 163 Å². The van der Waals surface area contributed by atoms with Crippen LogP contribution in [0.15, 0.2) is 43.2 Å². The summed E-state index contributed by atoms with van der Waals surface area (Å²) in [5, 5.41) is 4.26.